The summed E-state index contributed by atoms with van der Waals surface area (Å²) in [5.41, 5.74) is 5.10. The summed E-state index contributed by atoms with van der Waals surface area (Å²) in [5, 5.41) is 12.2. The Balaban J connectivity index is 1.72. The maximum Gasteiger partial charge on any atom is 0.267 e. The van der Waals surface area contributed by atoms with Crippen LogP contribution < -0.4 is 21.5 Å². The average Bonchev–Trinajstić information content (AvgIpc) is 3.16. The van der Waals surface area contributed by atoms with Crippen molar-refractivity contribution in [1.29, 1.82) is 5.26 Å². The number of nitrogens with zero attached hydrogens (tertiary/aromatic N) is 4. The fourth-order valence-corrected chi connectivity index (χ4v) is 5.97. The summed E-state index contributed by atoms with van der Waals surface area (Å²) in [6.45, 7) is 0.857. The summed E-state index contributed by atoms with van der Waals surface area (Å²) >= 11 is 0. The van der Waals surface area contributed by atoms with Gasteiger partial charge in [-0.25, -0.2) is 13.4 Å². The zero-order valence-electron chi connectivity index (χ0n) is 18.3. The second kappa shape index (κ2) is 9.26. The van der Waals surface area contributed by atoms with E-state index < -0.39 is 27.3 Å². The largest absolute Gasteiger partial charge is 0.369 e. The highest BCUT2D eigenvalue weighted by Crippen LogP contribution is 2.25. The number of rotatable bonds is 5. The Kier molecular flexibility index (Phi) is 6.39. The van der Waals surface area contributed by atoms with Crippen LogP contribution in [-0.2, 0) is 19.4 Å². The van der Waals surface area contributed by atoms with Gasteiger partial charge in [0.15, 0.2) is 9.84 Å². The van der Waals surface area contributed by atoms with E-state index in [9.17, 15) is 28.1 Å². The standard InChI is InChI=1S/C22H24N6O5S/c23-12-15(21(30)25-16-6-10-34(32,33)13-16)11-17-20(27-8-4-14(5-9-27)19(24)29)26-18-3-1-2-7-28(18)22(17)31/h1-3,7,11,14,16H,4-6,8-10,13H2,(H2,24,29)(H,25,30). The van der Waals surface area contributed by atoms with Gasteiger partial charge in [-0.3, -0.25) is 18.8 Å². The van der Waals surface area contributed by atoms with Gasteiger partial charge < -0.3 is 16.0 Å². The summed E-state index contributed by atoms with van der Waals surface area (Å²) in [5.74, 6) is -1.28. The molecule has 1 atom stereocenters. The van der Waals surface area contributed by atoms with Crippen LogP contribution in [0.1, 0.15) is 24.8 Å². The van der Waals surface area contributed by atoms with Crippen molar-refractivity contribution in [2.45, 2.75) is 25.3 Å². The Hall–Kier alpha value is -3.72. The minimum absolute atomic E-state index is 0.0229. The molecule has 0 bridgehead atoms. The Morgan fingerprint density at radius 3 is 2.59 bits per heavy atom. The predicted molar refractivity (Wildman–Crippen MR) is 124 cm³/mol. The molecule has 3 N–H and O–H groups in total. The van der Waals surface area contributed by atoms with Crippen LogP contribution in [0.3, 0.4) is 0 Å². The van der Waals surface area contributed by atoms with Gasteiger partial charge in [-0.1, -0.05) is 6.07 Å². The molecule has 2 fully saturated rings. The zero-order valence-corrected chi connectivity index (χ0v) is 19.1. The molecule has 2 aromatic rings. The predicted octanol–water partition coefficient (Wildman–Crippen LogP) is -0.394. The quantitative estimate of drug-likeness (QED) is 0.427. The highest BCUT2D eigenvalue weighted by Gasteiger charge is 2.30. The van der Waals surface area contributed by atoms with Crippen LogP contribution in [0.4, 0.5) is 5.82 Å². The van der Waals surface area contributed by atoms with Crippen LogP contribution in [-0.4, -0.2) is 60.3 Å². The van der Waals surface area contributed by atoms with Gasteiger partial charge in [0, 0.05) is 31.2 Å². The molecule has 2 aromatic heterocycles. The molecule has 34 heavy (non-hydrogen) atoms. The van der Waals surface area contributed by atoms with Gasteiger partial charge in [-0.05, 0) is 37.5 Å². The molecular formula is C22H24N6O5S. The van der Waals surface area contributed by atoms with Crippen molar-refractivity contribution < 1.29 is 18.0 Å². The number of fused-ring (bicyclic) bond motifs is 1. The van der Waals surface area contributed by atoms with Gasteiger partial charge in [0.1, 0.15) is 23.1 Å². The summed E-state index contributed by atoms with van der Waals surface area (Å²) in [7, 11) is -3.22. The summed E-state index contributed by atoms with van der Waals surface area (Å²) in [6.07, 6.45) is 4.00. The van der Waals surface area contributed by atoms with Gasteiger partial charge in [0.05, 0.1) is 17.1 Å². The molecule has 0 aliphatic carbocycles. The molecule has 178 valence electrons. The molecule has 0 aromatic carbocycles. The van der Waals surface area contributed by atoms with Crippen molar-refractivity contribution in [2.24, 2.45) is 11.7 Å². The van der Waals surface area contributed by atoms with E-state index in [0.29, 0.717) is 37.4 Å². The summed E-state index contributed by atoms with van der Waals surface area (Å²) in [4.78, 5) is 44.1. The lowest BCUT2D eigenvalue weighted by molar-refractivity contribution is -0.122. The average molecular weight is 485 g/mol. The van der Waals surface area contributed by atoms with E-state index >= 15 is 0 Å². The van der Waals surface area contributed by atoms with Crippen LogP contribution in [0.15, 0.2) is 34.8 Å². The number of carbonyl (C=O) groups is 2. The molecule has 12 heteroatoms. The lowest BCUT2D eigenvalue weighted by Crippen LogP contribution is -2.40. The number of hydrogen-bond acceptors (Lipinski definition) is 8. The van der Waals surface area contributed by atoms with Crippen LogP contribution >= 0.6 is 0 Å². The second-order valence-electron chi connectivity index (χ2n) is 8.49. The van der Waals surface area contributed by atoms with E-state index in [1.165, 1.54) is 10.5 Å². The first-order valence-electron chi connectivity index (χ1n) is 10.9. The number of piperidine rings is 1. The maximum atomic E-state index is 13.3. The minimum atomic E-state index is -3.22. The zero-order chi connectivity index (χ0) is 24.5. The Bertz CT molecular complexity index is 1380. The lowest BCUT2D eigenvalue weighted by Gasteiger charge is -2.32. The minimum Gasteiger partial charge on any atom is -0.369 e. The molecule has 2 amide bonds. The maximum absolute atomic E-state index is 13.3. The van der Waals surface area contributed by atoms with E-state index in [2.05, 4.69) is 10.3 Å². The number of nitriles is 1. The van der Waals surface area contributed by atoms with Crippen LogP contribution in [0.2, 0.25) is 0 Å². The van der Waals surface area contributed by atoms with E-state index in [-0.39, 0.29) is 40.9 Å². The SMILES string of the molecule is N#CC(=Cc1c(N2CCC(C(N)=O)CC2)nc2ccccn2c1=O)C(=O)NC1CCS(=O)(=O)C1. The van der Waals surface area contributed by atoms with Gasteiger partial charge in [0.25, 0.3) is 11.5 Å². The van der Waals surface area contributed by atoms with E-state index in [1.807, 2.05) is 11.0 Å². The Morgan fingerprint density at radius 2 is 1.97 bits per heavy atom. The fraction of sp³-hybridized carbons (Fsp3) is 0.409. The highest BCUT2D eigenvalue weighted by molar-refractivity contribution is 7.91. The normalized spacial score (nSPS) is 20.7. The number of carbonyl (C=O) groups excluding carboxylic acids is 2. The number of pyridine rings is 1. The first-order valence-corrected chi connectivity index (χ1v) is 12.7. The molecular weight excluding hydrogens is 460 g/mol. The third-order valence-corrected chi connectivity index (χ3v) is 7.94. The van der Waals surface area contributed by atoms with Crippen molar-refractivity contribution in [3.63, 3.8) is 0 Å². The molecule has 2 aliphatic heterocycles. The van der Waals surface area contributed by atoms with E-state index in [4.69, 9.17) is 5.73 Å². The van der Waals surface area contributed by atoms with Crippen LogP contribution in [0.5, 0.6) is 0 Å². The molecule has 0 spiro atoms. The molecule has 4 rings (SSSR count). The monoisotopic (exact) mass is 484 g/mol. The van der Waals surface area contributed by atoms with Crippen molar-refractivity contribution in [3.05, 3.63) is 45.9 Å². The molecule has 2 saturated heterocycles. The molecule has 1 unspecified atom stereocenters. The van der Waals surface area contributed by atoms with Crippen LogP contribution in [0.25, 0.3) is 11.7 Å². The van der Waals surface area contributed by atoms with Gasteiger partial charge in [0.2, 0.25) is 5.91 Å². The molecule has 4 heterocycles. The smallest absolute Gasteiger partial charge is 0.267 e. The van der Waals surface area contributed by atoms with Crippen molar-refractivity contribution in [2.75, 3.05) is 29.5 Å². The Labute approximate surface area is 195 Å². The van der Waals surface area contributed by atoms with E-state index in [0.717, 1.165) is 0 Å². The molecule has 0 radical (unpaired) electrons. The first kappa shape index (κ1) is 23.4. The lowest BCUT2D eigenvalue weighted by atomic mass is 9.96. The number of amides is 2. The number of hydrogen-bond donors (Lipinski definition) is 2. The van der Waals surface area contributed by atoms with E-state index in [1.54, 1.807) is 24.4 Å². The van der Waals surface area contributed by atoms with Gasteiger partial charge >= 0.3 is 0 Å². The highest BCUT2D eigenvalue weighted by atomic mass is 32.2. The molecule has 2 aliphatic rings. The number of sulfone groups is 1. The Morgan fingerprint density at radius 1 is 1.24 bits per heavy atom. The topological polar surface area (TPSA) is 168 Å². The molecule has 11 nitrogen and oxygen atoms in total. The van der Waals surface area contributed by atoms with Crippen LogP contribution in [0, 0.1) is 17.2 Å². The number of anilines is 1. The number of nitrogens with two attached hydrogens (primary N) is 1. The van der Waals surface area contributed by atoms with Gasteiger partial charge in [-0.15, -0.1) is 0 Å². The van der Waals surface area contributed by atoms with Crippen molar-refractivity contribution >= 4 is 39.2 Å². The third kappa shape index (κ3) is 4.79. The van der Waals surface area contributed by atoms with Crippen molar-refractivity contribution in [3.8, 4) is 6.07 Å². The number of nitrogens with one attached hydrogen (secondary N) is 1. The summed E-state index contributed by atoms with van der Waals surface area (Å²) < 4.78 is 24.7. The fourth-order valence-electron chi connectivity index (χ4n) is 4.30. The number of primary amides is 1. The van der Waals surface area contributed by atoms with Gasteiger partial charge in [-0.2, -0.15) is 5.26 Å². The molecule has 0 saturated carbocycles. The number of aromatic nitrogens is 2. The second-order valence-corrected chi connectivity index (χ2v) is 10.7. The van der Waals surface area contributed by atoms with Crippen molar-refractivity contribution in [1.82, 2.24) is 14.7 Å². The summed E-state index contributed by atoms with van der Waals surface area (Å²) in [6, 6.07) is 6.31. The third-order valence-electron chi connectivity index (χ3n) is 6.17. The first-order chi connectivity index (χ1) is 16.2.